The molecule has 23 heavy (non-hydrogen) atoms. The Balaban J connectivity index is 1.78. The molecular formula is C15H18N2O6. The molecule has 8 heteroatoms. The third-order valence-corrected chi connectivity index (χ3v) is 3.03. The Morgan fingerprint density at radius 2 is 2.00 bits per heavy atom. The van der Waals surface area contributed by atoms with E-state index in [1.165, 1.54) is 6.21 Å². The molecule has 0 saturated carbocycles. The van der Waals surface area contributed by atoms with Crippen molar-refractivity contribution >= 4 is 18.1 Å². The lowest BCUT2D eigenvalue weighted by Gasteiger charge is -2.20. The minimum Gasteiger partial charge on any atom is -0.482 e. The quantitative estimate of drug-likeness (QED) is 0.567. The summed E-state index contributed by atoms with van der Waals surface area (Å²) in [5, 5.41) is 12.4. The third kappa shape index (κ3) is 5.68. The van der Waals surface area contributed by atoms with Crippen LogP contribution in [0, 0.1) is 0 Å². The fraction of sp³-hybridized carbons (Fsp3) is 0.400. The first-order valence-corrected chi connectivity index (χ1v) is 7.01. The molecule has 0 spiro atoms. The Bertz CT molecular complexity index is 578. The number of benzene rings is 1. The highest BCUT2D eigenvalue weighted by Gasteiger charge is 2.33. The zero-order chi connectivity index (χ0) is 16.7. The fourth-order valence-electron chi connectivity index (χ4n) is 1.96. The Hall–Kier alpha value is -2.45. The summed E-state index contributed by atoms with van der Waals surface area (Å²) in [7, 11) is 0. The molecule has 1 amide bonds. The van der Waals surface area contributed by atoms with Gasteiger partial charge in [0.15, 0.2) is 12.4 Å². The summed E-state index contributed by atoms with van der Waals surface area (Å²) < 4.78 is 15.7. The molecule has 1 heterocycles. The number of carboxylic acids is 1. The number of hydrogen-bond acceptors (Lipinski definition) is 6. The highest BCUT2D eigenvalue weighted by atomic mass is 16.7. The van der Waals surface area contributed by atoms with Crippen molar-refractivity contribution in [2.75, 3.05) is 19.8 Å². The maximum Gasteiger partial charge on any atom is 0.341 e. The van der Waals surface area contributed by atoms with E-state index >= 15 is 0 Å². The third-order valence-electron chi connectivity index (χ3n) is 3.03. The molecule has 1 aromatic rings. The summed E-state index contributed by atoms with van der Waals surface area (Å²) in [4.78, 5) is 22.1. The summed E-state index contributed by atoms with van der Waals surface area (Å²) in [6.07, 6.45) is 1.53. The summed E-state index contributed by atoms with van der Waals surface area (Å²) in [6, 6.07) is 6.62. The van der Waals surface area contributed by atoms with Gasteiger partial charge in [-0.05, 0) is 36.8 Å². The molecule has 1 aromatic carbocycles. The number of ether oxygens (including phenoxy) is 3. The van der Waals surface area contributed by atoms with Crippen LogP contribution < -0.4 is 10.2 Å². The number of hydrogen-bond donors (Lipinski definition) is 2. The molecule has 8 nitrogen and oxygen atoms in total. The first kappa shape index (κ1) is 16.9. The predicted octanol–water partition coefficient (Wildman–Crippen LogP) is 0.753. The van der Waals surface area contributed by atoms with Gasteiger partial charge < -0.3 is 19.3 Å². The van der Waals surface area contributed by atoms with Crippen molar-refractivity contribution in [3.8, 4) is 5.75 Å². The normalized spacial score (nSPS) is 16.4. The standard InChI is InChI=1S/C15H18N2O6/c1-15(22-6-7-23-15)8-13(18)17-16-9-11-2-4-12(5-3-11)21-10-14(19)20/h2-5,9H,6-8,10H2,1H3,(H,17,18)(H,19,20)/b16-9-. The molecule has 1 saturated heterocycles. The molecule has 0 bridgehead atoms. The van der Waals surface area contributed by atoms with Crippen LogP contribution in [0.25, 0.3) is 0 Å². The largest absolute Gasteiger partial charge is 0.482 e. The Morgan fingerprint density at radius 1 is 1.35 bits per heavy atom. The van der Waals surface area contributed by atoms with Crippen molar-refractivity contribution in [1.82, 2.24) is 5.43 Å². The number of rotatable bonds is 7. The van der Waals surface area contributed by atoms with Crippen LogP contribution in [0.5, 0.6) is 5.75 Å². The van der Waals surface area contributed by atoms with E-state index in [2.05, 4.69) is 10.5 Å². The topological polar surface area (TPSA) is 106 Å². The molecule has 1 fully saturated rings. The van der Waals surface area contributed by atoms with E-state index in [0.29, 0.717) is 19.0 Å². The van der Waals surface area contributed by atoms with Crippen LogP contribution in [-0.4, -0.2) is 48.8 Å². The van der Waals surface area contributed by atoms with Gasteiger partial charge in [-0.1, -0.05) is 0 Å². The lowest BCUT2D eigenvalue weighted by molar-refractivity contribution is -0.159. The number of carbonyl (C=O) groups is 2. The van der Waals surface area contributed by atoms with Crippen LogP contribution in [0.2, 0.25) is 0 Å². The zero-order valence-corrected chi connectivity index (χ0v) is 12.7. The number of nitrogens with one attached hydrogen (secondary N) is 1. The molecule has 0 atom stereocenters. The predicted molar refractivity (Wildman–Crippen MR) is 80.2 cm³/mol. The summed E-state index contributed by atoms with van der Waals surface area (Å²) >= 11 is 0. The van der Waals surface area contributed by atoms with Crippen LogP contribution in [0.4, 0.5) is 0 Å². The van der Waals surface area contributed by atoms with E-state index in [9.17, 15) is 9.59 Å². The van der Waals surface area contributed by atoms with E-state index in [4.69, 9.17) is 19.3 Å². The van der Waals surface area contributed by atoms with Gasteiger partial charge in [0, 0.05) is 0 Å². The Kier molecular flexibility index (Phi) is 5.67. The van der Waals surface area contributed by atoms with Crippen LogP contribution in [-0.2, 0) is 19.1 Å². The van der Waals surface area contributed by atoms with E-state index in [1.807, 2.05) is 0 Å². The molecule has 0 aliphatic carbocycles. The van der Waals surface area contributed by atoms with Gasteiger partial charge in [0.05, 0.1) is 25.8 Å². The maximum atomic E-state index is 11.7. The number of carboxylic acid groups (broad SMARTS) is 1. The lowest BCUT2D eigenvalue weighted by Crippen LogP contribution is -2.33. The second-order valence-corrected chi connectivity index (χ2v) is 5.05. The molecule has 0 radical (unpaired) electrons. The SMILES string of the molecule is CC1(CC(=O)N/N=C\c2ccc(OCC(=O)O)cc2)OCCO1. The molecule has 2 N–H and O–H groups in total. The van der Waals surface area contributed by atoms with E-state index < -0.39 is 18.4 Å². The smallest absolute Gasteiger partial charge is 0.341 e. The van der Waals surface area contributed by atoms with Crippen molar-refractivity contribution in [1.29, 1.82) is 0 Å². The van der Waals surface area contributed by atoms with Crippen molar-refractivity contribution in [3.05, 3.63) is 29.8 Å². The highest BCUT2D eigenvalue weighted by Crippen LogP contribution is 2.22. The van der Waals surface area contributed by atoms with Gasteiger partial charge >= 0.3 is 5.97 Å². The van der Waals surface area contributed by atoms with Crippen molar-refractivity contribution in [2.45, 2.75) is 19.1 Å². The number of carbonyl (C=O) groups excluding carboxylic acids is 1. The molecular weight excluding hydrogens is 304 g/mol. The van der Waals surface area contributed by atoms with Gasteiger partial charge in [-0.2, -0.15) is 5.10 Å². The maximum absolute atomic E-state index is 11.7. The first-order valence-electron chi connectivity index (χ1n) is 7.01. The first-order chi connectivity index (χ1) is 11.0. The monoisotopic (exact) mass is 322 g/mol. The summed E-state index contributed by atoms with van der Waals surface area (Å²) in [5.41, 5.74) is 3.13. The average Bonchev–Trinajstić information content (AvgIpc) is 2.92. The lowest BCUT2D eigenvalue weighted by atomic mass is 10.2. The Labute approximate surface area is 133 Å². The molecule has 0 unspecified atom stereocenters. The second kappa shape index (κ2) is 7.70. The minimum absolute atomic E-state index is 0.0618. The summed E-state index contributed by atoms with van der Waals surface area (Å²) in [6.45, 7) is 2.26. The van der Waals surface area contributed by atoms with Crippen molar-refractivity contribution in [2.24, 2.45) is 5.10 Å². The fourth-order valence-corrected chi connectivity index (χ4v) is 1.96. The van der Waals surface area contributed by atoms with Crippen LogP contribution in [0.1, 0.15) is 18.9 Å². The van der Waals surface area contributed by atoms with Crippen LogP contribution >= 0.6 is 0 Å². The van der Waals surface area contributed by atoms with E-state index in [1.54, 1.807) is 31.2 Å². The highest BCUT2D eigenvalue weighted by molar-refractivity contribution is 5.82. The van der Waals surface area contributed by atoms with E-state index in [-0.39, 0.29) is 12.3 Å². The summed E-state index contributed by atoms with van der Waals surface area (Å²) in [5.74, 6) is -1.80. The van der Waals surface area contributed by atoms with Gasteiger partial charge in [-0.15, -0.1) is 0 Å². The molecule has 2 rings (SSSR count). The van der Waals surface area contributed by atoms with Crippen molar-refractivity contribution < 1.29 is 28.9 Å². The van der Waals surface area contributed by atoms with Crippen LogP contribution in [0.15, 0.2) is 29.4 Å². The molecule has 1 aliphatic rings. The Morgan fingerprint density at radius 3 is 2.61 bits per heavy atom. The van der Waals surface area contributed by atoms with Gasteiger partial charge in [0.2, 0.25) is 5.91 Å². The number of aliphatic carboxylic acids is 1. The number of hydrazone groups is 1. The number of amides is 1. The minimum atomic E-state index is -1.04. The average molecular weight is 322 g/mol. The van der Waals surface area contributed by atoms with Gasteiger partial charge in [0.25, 0.3) is 0 Å². The molecule has 0 aromatic heterocycles. The van der Waals surface area contributed by atoms with E-state index in [0.717, 1.165) is 5.56 Å². The van der Waals surface area contributed by atoms with Crippen LogP contribution in [0.3, 0.4) is 0 Å². The number of nitrogens with zero attached hydrogens (tertiary/aromatic N) is 1. The van der Waals surface area contributed by atoms with Gasteiger partial charge in [-0.25, -0.2) is 10.2 Å². The van der Waals surface area contributed by atoms with Gasteiger partial charge in [0.1, 0.15) is 5.75 Å². The van der Waals surface area contributed by atoms with Crippen molar-refractivity contribution in [3.63, 3.8) is 0 Å². The molecule has 1 aliphatic heterocycles. The van der Waals surface area contributed by atoms with Gasteiger partial charge in [-0.3, -0.25) is 4.79 Å². The zero-order valence-electron chi connectivity index (χ0n) is 12.7. The second-order valence-electron chi connectivity index (χ2n) is 5.05. The molecule has 124 valence electrons.